The van der Waals surface area contributed by atoms with Gasteiger partial charge in [-0.25, -0.2) is 4.79 Å². The smallest absolute Gasteiger partial charge is 0.315 e. The van der Waals surface area contributed by atoms with E-state index in [2.05, 4.69) is 41.4 Å². The number of amides is 2. The lowest BCUT2D eigenvalue weighted by molar-refractivity contribution is 0.166. The predicted octanol–water partition coefficient (Wildman–Crippen LogP) is 1.82. The Balaban J connectivity index is 1.76. The van der Waals surface area contributed by atoms with E-state index in [-0.39, 0.29) is 12.1 Å². The van der Waals surface area contributed by atoms with Crippen molar-refractivity contribution < 1.29 is 4.79 Å². The number of anilines is 1. The summed E-state index contributed by atoms with van der Waals surface area (Å²) in [5.74, 6) is 0.825. The molecule has 1 aromatic carbocycles. The first-order valence-electron chi connectivity index (χ1n) is 8.75. The van der Waals surface area contributed by atoms with Crippen molar-refractivity contribution in [2.75, 3.05) is 37.6 Å². The summed E-state index contributed by atoms with van der Waals surface area (Å²) in [6, 6.07) is 8.46. The van der Waals surface area contributed by atoms with Crippen molar-refractivity contribution in [2.45, 2.75) is 32.2 Å². The molecule has 0 aromatic heterocycles. The number of hydrogen-bond acceptors (Lipinski definition) is 3. The maximum Gasteiger partial charge on any atom is 0.315 e. The van der Waals surface area contributed by atoms with E-state index in [1.807, 2.05) is 4.90 Å². The van der Waals surface area contributed by atoms with E-state index in [0.717, 1.165) is 38.5 Å². The van der Waals surface area contributed by atoms with Gasteiger partial charge in [0.2, 0.25) is 0 Å². The van der Waals surface area contributed by atoms with Gasteiger partial charge in [0.05, 0.1) is 6.04 Å². The van der Waals surface area contributed by atoms with Crippen LogP contribution in [0, 0.1) is 5.92 Å². The van der Waals surface area contributed by atoms with Gasteiger partial charge in [0.15, 0.2) is 0 Å². The fourth-order valence-electron chi connectivity index (χ4n) is 3.73. The minimum atomic E-state index is -0.305. The monoisotopic (exact) mass is 316 g/mol. The molecule has 23 heavy (non-hydrogen) atoms. The van der Waals surface area contributed by atoms with Crippen LogP contribution in [-0.2, 0) is 6.42 Å². The Morgan fingerprint density at radius 1 is 1.26 bits per heavy atom. The van der Waals surface area contributed by atoms with Crippen LogP contribution in [0.5, 0.6) is 0 Å². The van der Waals surface area contributed by atoms with Crippen LogP contribution in [0.25, 0.3) is 0 Å². The van der Waals surface area contributed by atoms with Crippen molar-refractivity contribution >= 4 is 11.7 Å². The quantitative estimate of drug-likeness (QED) is 0.894. The SMILES string of the molecule is CC1CCN(c2ccccc2CC2CNCCN2C(N)=O)CC1. The molecule has 0 spiro atoms. The van der Waals surface area contributed by atoms with Crippen LogP contribution in [0.2, 0.25) is 0 Å². The number of carbonyl (C=O) groups excluding carboxylic acids is 1. The fourth-order valence-corrected chi connectivity index (χ4v) is 3.73. The van der Waals surface area contributed by atoms with E-state index < -0.39 is 0 Å². The third kappa shape index (κ3) is 3.78. The second kappa shape index (κ2) is 7.21. The molecule has 2 saturated heterocycles. The average molecular weight is 316 g/mol. The molecule has 0 aliphatic carbocycles. The lowest BCUT2D eigenvalue weighted by Crippen LogP contribution is -2.56. The zero-order valence-corrected chi connectivity index (χ0v) is 14.0. The number of nitrogens with two attached hydrogens (primary N) is 1. The molecule has 2 fully saturated rings. The minimum absolute atomic E-state index is 0.145. The summed E-state index contributed by atoms with van der Waals surface area (Å²) < 4.78 is 0. The number of carbonyl (C=O) groups is 1. The molecule has 1 unspecified atom stereocenters. The Hall–Kier alpha value is -1.75. The predicted molar refractivity (Wildman–Crippen MR) is 93.7 cm³/mol. The van der Waals surface area contributed by atoms with E-state index in [1.165, 1.54) is 24.1 Å². The van der Waals surface area contributed by atoms with E-state index in [9.17, 15) is 4.79 Å². The molecule has 5 heteroatoms. The molecule has 1 aromatic rings. The third-order valence-electron chi connectivity index (χ3n) is 5.20. The van der Waals surface area contributed by atoms with E-state index in [1.54, 1.807) is 0 Å². The van der Waals surface area contributed by atoms with Gasteiger partial charge in [-0.05, 0) is 36.8 Å². The molecule has 1 atom stereocenters. The summed E-state index contributed by atoms with van der Waals surface area (Å²) in [7, 11) is 0. The molecular formula is C18H28N4O. The van der Waals surface area contributed by atoms with Crippen LogP contribution in [0.3, 0.4) is 0 Å². The van der Waals surface area contributed by atoms with Crippen molar-refractivity contribution in [1.82, 2.24) is 10.2 Å². The van der Waals surface area contributed by atoms with Crippen molar-refractivity contribution in [3.8, 4) is 0 Å². The Kier molecular flexibility index (Phi) is 5.06. The molecular weight excluding hydrogens is 288 g/mol. The van der Waals surface area contributed by atoms with Crippen molar-refractivity contribution in [3.63, 3.8) is 0 Å². The number of piperidine rings is 1. The Bertz CT molecular complexity index is 540. The van der Waals surface area contributed by atoms with E-state index in [4.69, 9.17) is 5.73 Å². The number of para-hydroxylation sites is 1. The summed E-state index contributed by atoms with van der Waals surface area (Å²) in [6.07, 6.45) is 3.37. The van der Waals surface area contributed by atoms with Gasteiger partial charge >= 0.3 is 6.03 Å². The van der Waals surface area contributed by atoms with E-state index in [0.29, 0.717) is 6.54 Å². The Labute approximate surface area is 138 Å². The van der Waals surface area contributed by atoms with Crippen LogP contribution < -0.4 is 16.0 Å². The first-order chi connectivity index (χ1) is 11.1. The molecule has 3 N–H and O–H groups in total. The van der Waals surface area contributed by atoms with Gasteiger partial charge in [-0.1, -0.05) is 25.1 Å². The number of piperazine rings is 1. The first-order valence-corrected chi connectivity index (χ1v) is 8.75. The summed E-state index contributed by atoms with van der Waals surface area (Å²) in [5.41, 5.74) is 8.21. The highest BCUT2D eigenvalue weighted by Gasteiger charge is 2.26. The van der Waals surface area contributed by atoms with Crippen LogP contribution >= 0.6 is 0 Å². The lowest BCUT2D eigenvalue weighted by Gasteiger charge is -2.37. The van der Waals surface area contributed by atoms with Crippen LogP contribution in [0.4, 0.5) is 10.5 Å². The Morgan fingerprint density at radius 2 is 2.00 bits per heavy atom. The topological polar surface area (TPSA) is 61.6 Å². The van der Waals surface area contributed by atoms with Crippen LogP contribution in [-0.4, -0.2) is 49.7 Å². The molecule has 2 aliphatic heterocycles. The van der Waals surface area contributed by atoms with Crippen molar-refractivity contribution in [2.24, 2.45) is 11.7 Å². The number of hydrogen-bond donors (Lipinski definition) is 2. The highest BCUT2D eigenvalue weighted by Crippen LogP contribution is 2.27. The number of nitrogens with zero attached hydrogens (tertiary/aromatic N) is 2. The molecule has 0 bridgehead atoms. The summed E-state index contributed by atoms with van der Waals surface area (Å²) >= 11 is 0. The number of primary amides is 1. The molecule has 3 rings (SSSR count). The second-order valence-electron chi connectivity index (χ2n) is 6.89. The van der Waals surface area contributed by atoms with Gasteiger partial charge in [-0.2, -0.15) is 0 Å². The molecule has 5 nitrogen and oxygen atoms in total. The van der Waals surface area contributed by atoms with Gasteiger partial charge in [-0.15, -0.1) is 0 Å². The molecule has 126 valence electrons. The van der Waals surface area contributed by atoms with Crippen molar-refractivity contribution in [1.29, 1.82) is 0 Å². The maximum atomic E-state index is 11.7. The number of rotatable bonds is 3. The largest absolute Gasteiger partial charge is 0.371 e. The lowest BCUT2D eigenvalue weighted by atomic mass is 9.96. The standard InChI is InChI=1S/C18H28N4O/c1-14-6-9-21(10-7-14)17-5-3-2-4-15(17)12-16-13-20-8-11-22(16)18(19)23/h2-5,14,16,20H,6-13H2,1H3,(H2,19,23). The van der Waals surface area contributed by atoms with Crippen LogP contribution in [0.1, 0.15) is 25.3 Å². The molecule has 2 aliphatic rings. The zero-order chi connectivity index (χ0) is 16.2. The summed E-state index contributed by atoms with van der Waals surface area (Å²) in [6.45, 7) is 6.92. The summed E-state index contributed by atoms with van der Waals surface area (Å²) in [4.78, 5) is 16.0. The highest BCUT2D eigenvalue weighted by molar-refractivity contribution is 5.72. The van der Waals surface area contributed by atoms with E-state index >= 15 is 0 Å². The van der Waals surface area contributed by atoms with Crippen molar-refractivity contribution in [3.05, 3.63) is 29.8 Å². The van der Waals surface area contributed by atoms with Gasteiger partial charge in [-0.3, -0.25) is 0 Å². The minimum Gasteiger partial charge on any atom is -0.371 e. The van der Waals surface area contributed by atoms with Crippen LogP contribution in [0.15, 0.2) is 24.3 Å². The number of urea groups is 1. The highest BCUT2D eigenvalue weighted by atomic mass is 16.2. The fraction of sp³-hybridized carbons (Fsp3) is 0.611. The van der Waals surface area contributed by atoms with Gasteiger partial charge in [0.1, 0.15) is 0 Å². The summed E-state index contributed by atoms with van der Waals surface area (Å²) in [5, 5.41) is 3.38. The number of nitrogens with one attached hydrogen (secondary N) is 1. The molecule has 2 heterocycles. The zero-order valence-electron chi connectivity index (χ0n) is 14.0. The van der Waals surface area contributed by atoms with Gasteiger partial charge in [0, 0.05) is 38.4 Å². The maximum absolute atomic E-state index is 11.7. The van der Waals surface area contributed by atoms with Gasteiger partial charge < -0.3 is 20.9 Å². The average Bonchev–Trinajstić information content (AvgIpc) is 2.56. The third-order valence-corrected chi connectivity index (χ3v) is 5.20. The number of benzene rings is 1. The molecule has 0 saturated carbocycles. The Morgan fingerprint density at radius 3 is 2.74 bits per heavy atom. The normalized spacial score (nSPS) is 23.1. The first kappa shape index (κ1) is 16.1. The van der Waals surface area contributed by atoms with Gasteiger partial charge in [0.25, 0.3) is 0 Å². The molecule has 2 amide bonds. The molecule has 0 radical (unpaired) electrons. The second-order valence-corrected chi connectivity index (χ2v) is 6.89.